The van der Waals surface area contributed by atoms with E-state index in [0.717, 1.165) is 18.5 Å². The van der Waals surface area contributed by atoms with E-state index in [9.17, 15) is 8.78 Å². The molecule has 19 heavy (non-hydrogen) atoms. The van der Waals surface area contributed by atoms with Crippen molar-refractivity contribution in [3.8, 4) is 0 Å². The van der Waals surface area contributed by atoms with Crippen molar-refractivity contribution in [1.82, 2.24) is 5.32 Å². The van der Waals surface area contributed by atoms with Crippen LogP contribution >= 0.6 is 0 Å². The van der Waals surface area contributed by atoms with Gasteiger partial charge >= 0.3 is 0 Å². The van der Waals surface area contributed by atoms with E-state index in [1.165, 1.54) is 12.1 Å². The van der Waals surface area contributed by atoms with E-state index in [1.54, 1.807) is 6.07 Å². The Morgan fingerprint density at radius 3 is 2.21 bits per heavy atom. The molecule has 108 valence electrons. The zero-order valence-electron chi connectivity index (χ0n) is 12.6. The summed E-state index contributed by atoms with van der Waals surface area (Å²) < 4.78 is 26.0. The van der Waals surface area contributed by atoms with Crippen molar-refractivity contribution < 1.29 is 8.78 Å². The summed E-state index contributed by atoms with van der Waals surface area (Å²) >= 11 is 0. The maximum Gasteiger partial charge on any atom is 0.159 e. The minimum absolute atomic E-state index is 0.107. The molecule has 0 saturated heterocycles. The highest BCUT2D eigenvalue weighted by Crippen LogP contribution is 2.19. The van der Waals surface area contributed by atoms with Crippen LogP contribution in [0.15, 0.2) is 18.2 Å². The molecule has 0 aromatic heterocycles. The first-order valence-corrected chi connectivity index (χ1v) is 6.88. The van der Waals surface area contributed by atoms with Gasteiger partial charge in [-0.2, -0.15) is 0 Å². The number of benzene rings is 1. The Morgan fingerprint density at radius 2 is 1.68 bits per heavy atom. The normalized spacial score (nSPS) is 15.3. The van der Waals surface area contributed by atoms with E-state index in [-0.39, 0.29) is 5.54 Å². The third kappa shape index (κ3) is 5.68. The number of rotatable bonds is 5. The van der Waals surface area contributed by atoms with Crippen LogP contribution in [0.25, 0.3) is 0 Å². The van der Waals surface area contributed by atoms with Gasteiger partial charge in [-0.3, -0.25) is 0 Å². The molecule has 1 nitrogen and oxygen atoms in total. The van der Waals surface area contributed by atoms with E-state index in [2.05, 4.69) is 39.9 Å². The smallest absolute Gasteiger partial charge is 0.159 e. The van der Waals surface area contributed by atoms with Crippen molar-refractivity contribution in [3.05, 3.63) is 35.4 Å². The monoisotopic (exact) mass is 269 g/mol. The largest absolute Gasteiger partial charge is 0.312 e. The minimum atomic E-state index is -0.779. The molecule has 0 fully saturated rings. The number of halogens is 2. The maximum absolute atomic E-state index is 13.1. The first-order chi connectivity index (χ1) is 8.69. The summed E-state index contributed by atoms with van der Waals surface area (Å²) in [7, 11) is 0. The Bertz CT molecular complexity index is 410. The Balaban J connectivity index is 2.53. The molecular formula is C16H25F2N. The summed E-state index contributed by atoms with van der Waals surface area (Å²) in [5.74, 6) is -0.643. The van der Waals surface area contributed by atoms with Crippen molar-refractivity contribution >= 4 is 0 Å². The molecule has 1 N–H and O–H groups in total. The summed E-state index contributed by atoms with van der Waals surface area (Å²) in [6.07, 6.45) is 0.768. The summed E-state index contributed by atoms with van der Waals surface area (Å²) in [4.78, 5) is 0. The average Bonchev–Trinajstić information content (AvgIpc) is 2.29. The van der Waals surface area contributed by atoms with Gasteiger partial charge in [0, 0.05) is 5.54 Å². The average molecular weight is 269 g/mol. The van der Waals surface area contributed by atoms with Crippen LogP contribution in [0, 0.1) is 23.5 Å². The van der Waals surface area contributed by atoms with Crippen molar-refractivity contribution in [3.63, 3.8) is 0 Å². The Hall–Kier alpha value is -0.960. The molecule has 0 amide bonds. The highest BCUT2D eigenvalue weighted by molar-refractivity contribution is 5.18. The molecule has 2 unspecified atom stereocenters. The predicted octanol–water partition coefficient (Wildman–Crippen LogP) is 4.17. The highest BCUT2D eigenvalue weighted by atomic mass is 19.2. The van der Waals surface area contributed by atoms with E-state index >= 15 is 0 Å². The SMILES string of the molecule is CC(CNC(C)(C)C)C(C)Cc1ccc(F)c(F)c1. The molecule has 0 spiro atoms. The van der Waals surface area contributed by atoms with Crippen LogP contribution in [0.5, 0.6) is 0 Å². The van der Waals surface area contributed by atoms with E-state index < -0.39 is 11.6 Å². The van der Waals surface area contributed by atoms with Crippen LogP contribution in [0.1, 0.15) is 40.2 Å². The molecule has 1 aromatic rings. The van der Waals surface area contributed by atoms with Crippen LogP contribution in [0.4, 0.5) is 8.78 Å². The zero-order valence-corrected chi connectivity index (χ0v) is 12.6. The maximum atomic E-state index is 13.1. The van der Waals surface area contributed by atoms with Gasteiger partial charge in [0.05, 0.1) is 0 Å². The quantitative estimate of drug-likeness (QED) is 0.846. The predicted molar refractivity (Wildman–Crippen MR) is 76.1 cm³/mol. The van der Waals surface area contributed by atoms with Crippen molar-refractivity contribution in [2.45, 2.75) is 46.6 Å². The van der Waals surface area contributed by atoms with E-state index in [0.29, 0.717) is 11.8 Å². The third-order valence-corrected chi connectivity index (χ3v) is 3.47. The van der Waals surface area contributed by atoms with Crippen LogP contribution in [0.3, 0.4) is 0 Å². The van der Waals surface area contributed by atoms with Gasteiger partial charge < -0.3 is 5.32 Å². The van der Waals surface area contributed by atoms with Crippen LogP contribution in [-0.4, -0.2) is 12.1 Å². The van der Waals surface area contributed by atoms with E-state index in [4.69, 9.17) is 0 Å². The summed E-state index contributed by atoms with van der Waals surface area (Å²) in [6.45, 7) is 11.7. The second-order valence-electron chi connectivity index (χ2n) is 6.54. The fraction of sp³-hybridized carbons (Fsp3) is 0.625. The standard InChI is InChI=1S/C16H25F2N/c1-11(12(2)10-19-16(3,4)5)8-13-6-7-14(17)15(18)9-13/h6-7,9,11-12,19H,8,10H2,1-5H3. The summed E-state index contributed by atoms with van der Waals surface area (Å²) in [6, 6.07) is 4.17. The Morgan fingerprint density at radius 1 is 1.05 bits per heavy atom. The van der Waals surface area contributed by atoms with Gasteiger partial charge in [0.25, 0.3) is 0 Å². The molecule has 2 atom stereocenters. The molecule has 0 aliphatic rings. The van der Waals surface area contributed by atoms with Gasteiger partial charge in [-0.1, -0.05) is 19.9 Å². The first-order valence-electron chi connectivity index (χ1n) is 6.88. The molecule has 3 heteroatoms. The Labute approximate surface area is 115 Å². The second kappa shape index (κ2) is 6.47. The number of hydrogen-bond donors (Lipinski definition) is 1. The molecule has 0 heterocycles. The molecule has 1 rings (SSSR count). The van der Waals surface area contributed by atoms with Gasteiger partial charge in [-0.15, -0.1) is 0 Å². The van der Waals surface area contributed by atoms with Crippen molar-refractivity contribution in [2.75, 3.05) is 6.54 Å². The summed E-state index contributed by atoms with van der Waals surface area (Å²) in [5, 5.41) is 3.47. The fourth-order valence-corrected chi connectivity index (χ4v) is 1.91. The van der Waals surface area contributed by atoms with E-state index in [1.807, 2.05) is 0 Å². The van der Waals surface area contributed by atoms with Crippen molar-refractivity contribution in [2.24, 2.45) is 11.8 Å². The summed E-state index contributed by atoms with van der Waals surface area (Å²) in [5.41, 5.74) is 0.963. The van der Waals surface area contributed by atoms with Crippen LogP contribution in [-0.2, 0) is 6.42 Å². The lowest BCUT2D eigenvalue weighted by atomic mass is 9.89. The van der Waals surface area contributed by atoms with Gasteiger partial charge in [0.1, 0.15) is 0 Å². The van der Waals surface area contributed by atoms with Crippen LogP contribution in [0.2, 0.25) is 0 Å². The lowest BCUT2D eigenvalue weighted by Crippen LogP contribution is -2.40. The molecule has 0 aliphatic heterocycles. The molecule has 0 bridgehead atoms. The molecule has 0 radical (unpaired) electrons. The van der Waals surface area contributed by atoms with Crippen LogP contribution < -0.4 is 5.32 Å². The molecule has 0 aliphatic carbocycles. The zero-order chi connectivity index (χ0) is 14.6. The van der Waals surface area contributed by atoms with Gasteiger partial charge in [-0.25, -0.2) is 8.78 Å². The second-order valence-corrected chi connectivity index (χ2v) is 6.54. The van der Waals surface area contributed by atoms with Gasteiger partial charge in [0.2, 0.25) is 0 Å². The molecule has 0 saturated carbocycles. The third-order valence-electron chi connectivity index (χ3n) is 3.47. The first kappa shape index (κ1) is 16.1. The molecule has 1 aromatic carbocycles. The van der Waals surface area contributed by atoms with Gasteiger partial charge in [-0.05, 0) is 63.3 Å². The molecular weight excluding hydrogens is 244 g/mol. The fourth-order valence-electron chi connectivity index (χ4n) is 1.91. The lowest BCUT2D eigenvalue weighted by molar-refractivity contribution is 0.317. The lowest BCUT2D eigenvalue weighted by Gasteiger charge is -2.26. The number of hydrogen-bond acceptors (Lipinski definition) is 1. The van der Waals surface area contributed by atoms with Gasteiger partial charge in [0.15, 0.2) is 11.6 Å². The Kier molecular flexibility index (Phi) is 5.48. The highest BCUT2D eigenvalue weighted by Gasteiger charge is 2.17. The minimum Gasteiger partial charge on any atom is -0.312 e. The topological polar surface area (TPSA) is 12.0 Å². The van der Waals surface area contributed by atoms with Crippen molar-refractivity contribution in [1.29, 1.82) is 0 Å². The number of nitrogens with one attached hydrogen (secondary N) is 1.